The first kappa shape index (κ1) is 24.1. The van der Waals surface area contributed by atoms with E-state index in [0.29, 0.717) is 30.1 Å². The summed E-state index contributed by atoms with van der Waals surface area (Å²) in [6.45, 7) is 4.36. The quantitative estimate of drug-likeness (QED) is 0.355. The van der Waals surface area contributed by atoms with Crippen molar-refractivity contribution < 1.29 is 14.4 Å². The molecule has 0 unspecified atom stereocenters. The Morgan fingerprint density at radius 3 is 2.76 bits per heavy atom. The van der Waals surface area contributed by atoms with Crippen molar-refractivity contribution in [3.8, 4) is 0 Å². The van der Waals surface area contributed by atoms with Gasteiger partial charge in [-0.15, -0.1) is 0 Å². The predicted octanol–water partition coefficient (Wildman–Crippen LogP) is 3.20. The molecule has 1 aliphatic carbocycles. The normalized spacial score (nSPS) is 17.1. The van der Waals surface area contributed by atoms with E-state index in [-0.39, 0.29) is 24.4 Å². The van der Waals surface area contributed by atoms with Crippen molar-refractivity contribution in [2.75, 3.05) is 25.5 Å². The largest absolute Gasteiger partial charge is 0.357 e. The molecule has 1 fully saturated rings. The van der Waals surface area contributed by atoms with Crippen LogP contribution in [0.4, 0.5) is 5.82 Å². The summed E-state index contributed by atoms with van der Waals surface area (Å²) < 4.78 is 0. The smallest absolute Gasteiger partial charge is 0.270 e. The highest BCUT2D eigenvalue weighted by atomic mass is 16.2. The van der Waals surface area contributed by atoms with Crippen LogP contribution in [-0.2, 0) is 14.4 Å². The number of carbonyl (C=O) groups is 3. The van der Waals surface area contributed by atoms with Crippen LogP contribution in [0.3, 0.4) is 0 Å². The average molecular weight is 450 g/mol. The van der Waals surface area contributed by atoms with Crippen molar-refractivity contribution in [3.05, 3.63) is 53.0 Å². The lowest BCUT2D eigenvalue weighted by Gasteiger charge is -2.33. The molecule has 3 rings (SSSR count). The van der Waals surface area contributed by atoms with Crippen molar-refractivity contribution >= 4 is 36.2 Å². The van der Waals surface area contributed by atoms with Crippen molar-refractivity contribution in [1.82, 2.24) is 14.8 Å². The van der Waals surface area contributed by atoms with Gasteiger partial charge in [-0.2, -0.15) is 0 Å². The molecule has 2 aliphatic rings. The summed E-state index contributed by atoms with van der Waals surface area (Å²) in [6.07, 6.45) is 13.0. The fraction of sp³-hybridized carbons (Fsp3) is 0.400. The minimum atomic E-state index is -0.284. The van der Waals surface area contributed by atoms with E-state index in [1.54, 1.807) is 41.5 Å². The monoisotopic (exact) mass is 449 g/mol. The molecule has 8 nitrogen and oxygen atoms in total. The standard InChI is InChI=1S/C25H31N5O3/c1-4-26-14-18(2)7-8-19-9-12-22(27-15-19)28-23(32)16-30-13-5-6-20(17-31)24(30)25(33)29(3)21-10-11-21/h4,7-9,12,14-15,17,21H,5-6,10-11,13,16H2,1-3H3,(H,27,28,32)/b8-7+,18-14-,26-4?. The van der Waals surface area contributed by atoms with Crippen LogP contribution in [0.15, 0.2) is 52.4 Å². The fourth-order valence-corrected chi connectivity index (χ4v) is 3.63. The maximum Gasteiger partial charge on any atom is 0.270 e. The van der Waals surface area contributed by atoms with Crippen LogP contribution in [0.1, 0.15) is 45.1 Å². The van der Waals surface area contributed by atoms with Crippen LogP contribution in [-0.4, -0.2) is 65.3 Å². The molecule has 1 N–H and O–H groups in total. The van der Waals surface area contributed by atoms with Gasteiger partial charge in [0.05, 0.1) is 6.54 Å². The lowest BCUT2D eigenvalue weighted by atomic mass is 10.0. The summed E-state index contributed by atoms with van der Waals surface area (Å²) in [5, 5.41) is 2.78. The van der Waals surface area contributed by atoms with E-state index < -0.39 is 0 Å². The third kappa shape index (κ3) is 6.71. The molecular weight excluding hydrogens is 418 g/mol. The third-order valence-electron chi connectivity index (χ3n) is 5.61. The van der Waals surface area contributed by atoms with Gasteiger partial charge in [-0.3, -0.25) is 19.4 Å². The van der Waals surface area contributed by atoms with Gasteiger partial charge in [0.2, 0.25) is 5.91 Å². The number of hydrogen-bond acceptors (Lipinski definition) is 6. The number of rotatable bonds is 9. The molecular formula is C25H31N5O3. The van der Waals surface area contributed by atoms with Crippen LogP contribution in [0.2, 0.25) is 0 Å². The van der Waals surface area contributed by atoms with E-state index in [0.717, 1.165) is 36.7 Å². The van der Waals surface area contributed by atoms with Gasteiger partial charge in [-0.1, -0.05) is 12.2 Å². The Kier molecular flexibility index (Phi) is 8.29. The number of aliphatic imine (C=N–C) groups is 1. The number of nitrogens with zero attached hydrogens (tertiary/aromatic N) is 4. The molecule has 2 amide bonds. The van der Waals surface area contributed by atoms with Crippen LogP contribution in [0.5, 0.6) is 0 Å². The summed E-state index contributed by atoms with van der Waals surface area (Å²) >= 11 is 0. The molecule has 0 spiro atoms. The lowest BCUT2D eigenvalue weighted by molar-refractivity contribution is -0.129. The molecule has 1 aliphatic heterocycles. The average Bonchev–Trinajstić information content (AvgIpc) is 3.66. The number of aldehydes is 1. The highest BCUT2D eigenvalue weighted by molar-refractivity contribution is 6.00. The van der Waals surface area contributed by atoms with Gasteiger partial charge < -0.3 is 15.1 Å². The number of carbonyl (C=O) groups excluding carboxylic acids is 3. The highest BCUT2D eigenvalue weighted by Gasteiger charge is 2.35. The molecule has 0 atom stereocenters. The number of allylic oxidation sites excluding steroid dienone is 3. The van der Waals surface area contributed by atoms with Crippen LogP contribution >= 0.6 is 0 Å². The Balaban J connectivity index is 1.63. The minimum absolute atomic E-state index is 0.0117. The van der Waals surface area contributed by atoms with Gasteiger partial charge >= 0.3 is 0 Å². The van der Waals surface area contributed by atoms with Gasteiger partial charge in [0.15, 0.2) is 0 Å². The summed E-state index contributed by atoms with van der Waals surface area (Å²) in [7, 11) is 1.76. The molecule has 2 heterocycles. The number of aromatic nitrogens is 1. The van der Waals surface area contributed by atoms with Crippen molar-refractivity contribution in [1.29, 1.82) is 0 Å². The van der Waals surface area contributed by atoms with Gasteiger partial charge in [0.1, 0.15) is 17.8 Å². The molecule has 0 radical (unpaired) electrons. The van der Waals surface area contributed by atoms with Gasteiger partial charge in [-0.25, -0.2) is 4.98 Å². The second-order valence-electron chi connectivity index (χ2n) is 8.30. The Morgan fingerprint density at radius 2 is 2.12 bits per heavy atom. The lowest BCUT2D eigenvalue weighted by Crippen LogP contribution is -2.43. The van der Waals surface area contributed by atoms with Crippen molar-refractivity contribution in [2.45, 2.75) is 45.6 Å². The molecule has 0 saturated heterocycles. The number of nitrogens with one attached hydrogen (secondary N) is 1. The second-order valence-corrected chi connectivity index (χ2v) is 8.30. The Hall–Kier alpha value is -3.55. The van der Waals surface area contributed by atoms with Crippen LogP contribution in [0.25, 0.3) is 6.08 Å². The number of amides is 2. The van der Waals surface area contributed by atoms with E-state index in [1.807, 2.05) is 32.1 Å². The number of hydrogen-bond donors (Lipinski definition) is 1. The summed E-state index contributed by atoms with van der Waals surface area (Å²) in [6, 6.07) is 3.82. The van der Waals surface area contributed by atoms with E-state index in [2.05, 4.69) is 15.3 Å². The molecule has 33 heavy (non-hydrogen) atoms. The summed E-state index contributed by atoms with van der Waals surface area (Å²) in [5.74, 6) is -0.0385. The Labute approximate surface area is 194 Å². The molecule has 1 aromatic heterocycles. The van der Waals surface area contributed by atoms with E-state index in [4.69, 9.17) is 0 Å². The number of anilines is 1. The molecule has 1 aromatic rings. The second kappa shape index (κ2) is 11.4. The number of pyridine rings is 1. The van der Waals surface area contributed by atoms with Gasteiger partial charge in [0.25, 0.3) is 5.91 Å². The van der Waals surface area contributed by atoms with Crippen molar-refractivity contribution in [2.24, 2.45) is 4.99 Å². The fourth-order valence-electron chi connectivity index (χ4n) is 3.63. The zero-order valence-corrected chi connectivity index (χ0v) is 19.5. The predicted molar refractivity (Wildman–Crippen MR) is 130 cm³/mol. The molecule has 174 valence electrons. The van der Waals surface area contributed by atoms with Crippen LogP contribution < -0.4 is 5.32 Å². The zero-order chi connectivity index (χ0) is 23.8. The summed E-state index contributed by atoms with van der Waals surface area (Å²) in [4.78, 5) is 49.1. The van der Waals surface area contributed by atoms with Crippen LogP contribution in [0, 0.1) is 0 Å². The Bertz CT molecular complexity index is 1000. The SMILES string of the molecule is CC=N/C=C(C)\C=C\c1ccc(NC(=O)CN2CCCC(C=O)=C2C(=O)N(C)C2CC2)nc1. The maximum atomic E-state index is 13.0. The first-order valence-electron chi connectivity index (χ1n) is 11.2. The van der Waals surface area contributed by atoms with Gasteiger partial charge in [-0.05, 0) is 62.8 Å². The zero-order valence-electron chi connectivity index (χ0n) is 19.5. The minimum Gasteiger partial charge on any atom is -0.357 e. The third-order valence-corrected chi connectivity index (χ3v) is 5.61. The van der Waals surface area contributed by atoms with E-state index in [1.165, 1.54) is 0 Å². The maximum absolute atomic E-state index is 13.0. The topological polar surface area (TPSA) is 95.0 Å². The van der Waals surface area contributed by atoms with E-state index in [9.17, 15) is 14.4 Å². The molecule has 1 saturated carbocycles. The number of likely N-dealkylation sites (N-methyl/N-ethyl adjacent to an activating group) is 1. The van der Waals surface area contributed by atoms with E-state index >= 15 is 0 Å². The highest BCUT2D eigenvalue weighted by Crippen LogP contribution is 2.29. The van der Waals surface area contributed by atoms with Gasteiger partial charge in [0, 0.05) is 43.8 Å². The molecule has 8 heteroatoms. The first-order valence-corrected chi connectivity index (χ1v) is 11.2. The van der Waals surface area contributed by atoms with Crippen molar-refractivity contribution in [3.63, 3.8) is 0 Å². The summed E-state index contributed by atoms with van der Waals surface area (Å²) in [5.41, 5.74) is 2.72. The molecule has 0 aromatic carbocycles. The Morgan fingerprint density at radius 1 is 1.33 bits per heavy atom. The molecule has 0 bridgehead atoms. The first-order chi connectivity index (χ1) is 15.9.